The van der Waals surface area contributed by atoms with Crippen LogP contribution in [0.2, 0.25) is 0 Å². The van der Waals surface area contributed by atoms with Crippen molar-refractivity contribution < 1.29 is 13.2 Å². The molecule has 1 atom stereocenters. The standard InChI is InChI=1S/C18H29N3O3S.ClH/c1-3-20(4-2)25(23,24)17-10-7-15(8-11-17)9-12-18(22)21-13-5-6-16(21)14-19;/h7-8,10-11,16H,3-6,9,12-14,19H2,1-2H3;1H. The maximum atomic E-state index is 12.5. The minimum absolute atomic E-state index is 0. The van der Waals surface area contributed by atoms with E-state index in [1.807, 2.05) is 18.7 Å². The van der Waals surface area contributed by atoms with E-state index in [0.29, 0.717) is 37.4 Å². The topological polar surface area (TPSA) is 83.7 Å². The number of likely N-dealkylation sites (tertiary alicyclic amines) is 1. The van der Waals surface area contributed by atoms with Gasteiger partial charge < -0.3 is 10.6 Å². The molecule has 2 rings (SSSR count). The highest BCUT2D eigenvalue weighted by Crippen LogP contribution is 2.19. The molecule has 8 heteroatoms. The number of aryl methyl sites for hydroxylation is 1. The van der Waals surface area contributed by atoms with Crippen molar-refractivity contribution in [2.75, 3.05) is 26.2 Å². The van der Waals surface area contributed by atoms with Crippen molar-refractivity contribution in [2.45, 2.75) is 50.5 Å². The van der Waals surface area contributed by atoms with Crippen LogP contribution in [-0.4, -0.2) is 55.8 Å². The molecule has 1 heterocycles. The molecule has 26 heavy (non-hydrogen) atoms. The monoisotopic (exact) mass is 403 g/mol. The number of rotatable bonds is 8. The Balaban J connectivity index is 0.00000338. The number of halogens is 1. The second kappa shape index (κ2) is 10.3. The van der Waals surface area contributed by atoms with E-state index in [-0.39, 0.29) is 24.4 Å². The number of hydrogen-bond acceptors (Lipinski definition) is 4. The quantitative estimate of drug-likeness (QED) is 0.719. The number of amides is 1. The predicted octanol–water partition coefficient (Wildman–Crippen LogP) is 2.02. The number of benzene rings is 1. The molecule has 1 aliphatic rings. The van der Waals surface area contributed by atoms with E-state index in [2.05, 4.69) is 0 Å². The Labute approximate surface area is 163 Å². The van der Waals surface area contributed by atoms with E-state index < -0.39 is 10.0 Å². The van der Waals surface area contributed by atoms with Crippen molar-refractivity contribution in [3.05, 3.63) is 29.8 Å². The summed E-state index contributed by atoms with van der Waals surface area (Å²) < 4.78 is 26.4. The maximum absolute atomic E-state index is 12.5. The Morgan fingerprint density at radius 1 is 1.23 bits per heavy atom. The fourth-order valence-electron chi connectivity index (χ4n) is 3.34. The minimum atomic E-state index is -3.43. The van der Waals surface area contributed by atoms with Gasteiger partial charge in [0.2, 0.25) is 15.9 Å². The van der Waals surface area contributed by atoms with Crippen LogP contribution in [0.5, 0.6) is 0 Å². The summed E-state index contributed by atoms with van der Waals surface area (Å²) in [4.78, 5) is 14.5. The van der Waals surface area contributed by atoms with E-state index in [4.69, 9.17) is 5.73 Å². The molecule has 6 nitrogen and oxygen atoms in total. The van der Waals surface area contributed by atoms with E-state index in [9.17, 15) is 13.2 Å². The Hall–Kier alpha value is -1.15. The average Bonchev–Trinajstić information content (AvgIpc) is 3.09. The van der Waals surface area contributed by atoms with Gasteiger partial charge in [-0.25, -0.2) is 8.42 Å². The van der Waals surface area contributed by atoms with Crippen LogP contribution in [0.15, 0.2) is 29.2 Å². The van der Waals surface area contributed by atoms with Gasteiger partial charge in [0, 0.05) is 38.6 Å². The third-order valence-corrected chi connectivity index (χ3v) is 6.93. The van der Waals surface area contributed by atoms with Crippen LogP contribution in [0, 0.1) is 0 Å². The normalized spacial score (nSPS) is 17.4. The van der Waals surface area contributed by atoms with Gasteiger partial charge in [-0.3, -0.25) is 4.79 Å². The van der Waals surface area contributed by atoms with Gasteiger partial charge in [-0.15, -0.1) is 12.4 Å². The molecular formula is C18H30ClN3O3S. The summed E-state index contributed by atoms with van der Waals surface area (Å²) >= 11 is 0. The molecule has 1 fully saturated rings. The van der Waals surface area contributed by atoms with Gasteiger partial charge >= 0.3 is 0 Å². The largest absolute Gasteiger partial charge is 0.338 e. The first-order chi connectivity index (χ1) is 11.9. The van der Waals surface area contributed by atoms with E-state index in [0.717, 1.165) is 24.9 Å². The number of carbonyl (C=O) groups excluding carboxylic acids is 1. The van der Waals surface area contributed by atoms with Gasteiger partial charge in [0.25, 0.3) is 0 Å². The zero-order chi connectivity index (χ0) is 18.4. The molecule has 0 spiro atoms. The van der Waals surface area contributed by atoms with E-state index in [1.165, 1.54) is 4.31 Å². The zero-order valence-corrected chi connectivity index (χ0v) is 17.2. The third-order valence-electron chi connectivity index (χ3n) is 4.86. The molecule has 1 aromatic rings. The number of hydrogen-bond donors (Lipinski definition) is 1. The summed E-state index contributed by atoms with van der Waals surface area (Å²) in [5.74, 6) is 0.132. The van der Waals surface area contributed by atoms with Crippen molar-refractivity contribution in [3.63, 3.8) is 0 Å². The van der Waals surface area contributed by atoms with Gasteiger partial charge in [-0.05, 0) is 37.0 Å². The van der Waals surface area contributed by atoms with Crippen LogP contribution in [0.25, 0.3) is 0 Å². The van der Waals surface area contributed by atoms with Crippen LogP contribution < -0.4 is 5.73 Å². The number of nitrogens with zero attached hydrogens (tertiary/aromatic N) is 2. The van der Waals surface area contributed by atoms with E-state index in [1.54, 1.807) is 24.3 Å². The van der Waals surface area contributed by atoms with Crippen LogP contribution >= 0.6 is 12.4 Å². The fourth-order valence-corrected chi connectivity index (χ4v) is 4.80. The van der Waals surface area contributed by atoms with Gasteiger partial charge in [-0.2, -0.15) is 4.31 Å². The maximum Gasteiger partial charge on any atom is 0.243 e. The number of sulfonamides is 1. The lowest BCUT2D eigenvalue weighted by Crippen LogP contribution is -2.39. The SMILES string of the molecule is CCN(CC)S(=O)(=O)c1ccc(CCC(=O)N2CCCC2CN)cc1.Cl. The smallest absolute Gasteiger partial charge is 0.243 e. The zero-order valence-electron chi connectivity index (χ0n) is 15.6. The highest BCUT2D eigenvalue weighted by molar-refractivity contribution is 7.89. The molecule has 2 N–H and O–H groups in total. The Morgan fingerprint density at radius 2 is 1.85 bits per heavy atom. The third kappa shape index (κ3) is 5.19. The van der Waals surface area contributed by atoms with Crippen molar-refractivity contribution in [1.29, 1.82) is 0 Å². The summed E-state index contributed by atoms with van der Waals surface area (Å²) in [6, 6.07) is 7.04. The highest BCUT2D eigenvalue weighted by Gasteiger charge is 2.27. The van der Waals surface area contributed by atoms with Crippen LogP contribution in [-0.2, 0) is 21.2 Å². The molecule has 1 aliphatic heterocycles. The molecule has 1 saturated heterocycles. The second-order valence-corrected chi connectivity index (χ2v) is 8.29. The summed E-state index contributed by atoms with van der Waals surface area (Å²) in [6.45, 7) is 5.87. The number of nitrogens with two attached hydrogens (primary N) is 1. The molecule has 0 saturated carbocycles. The van der Waals surface area contributed by atoms with Gasteiger partial charge in [0.15, 0.2) is 0 Å². The van der Waals surface area contributed by atoms with Crippen molar-refractivity contribution in [1.82, 2.24) is 9.21 Å². The van der Waals surface area contributed by atoms with Crippen LogP contribution in [0.3, 0.4) is 0 Å². The molecule has 0 aliphatic carbocycles. The lowest BCUT2D eigenvalue weighted by Gasteiger charge is -2.23. The first kappa shape index (κ1) is 22.9. The molecule has 148 valence electrons. The lowest BCUT2D eigenvalue weighted by molar-refractivity contribution is -0.131. The molecule has 1 aromatic carbocycles. The fraction of sp³-hybridized carbons (Fsp3) is 0.611. The lowest BCUT2D eigenvalue weighted by atomic mass is 10.1. The van der Waals surface area contributed by atoms with Gasteiger partial charge in [-0.1, -0.05) is 26.0 Å². The molecule has 0 radical (unpaired) electrons. The van der Waals surface area contributed by atoms with E-state index >= 15 is 0 Å². The second-order valence-electron chi connectivity index (χ2n) is 6.35. The van der Waals surface area contributed by atoms with Crippen LogP contribution in [0.4, 0.5) is 0 Å². The molecule has 0 bridgehead atoms. The molecular weight excluding hydrogens is 374 g/mol. The average molecular weight is 404 g/mol. The first-order valence-corrected chi connectivity index (χ1v) is 10.5. The first-order valence-electron chi connectivity index (χ1n) is 9.02. The predicted molar refractivity (Wildman–Crippen MR) is 106 cm³/mol. The Bertz CT molecular complexity index is 675. The Kier molecular flexibility index (Phi) is 9.03. The Morgan fingerprint density at radius 3 is 2.38 bits per heavy atom. The van der Waals surface area contributed by atoms with Crippen molar-refractivity contribution in [3.8, 4) is 0 Å². The summed E-state index contributed by atoms with van der Waals surface area (Å²) in [5.41, 5.74) is 6.69. The highest BCUT2D eigenvalue weighted by atomic mass is 35.5. The van der Waals surface area contributed by atoms with Crippen molar-refractivity contribution in [2.24, 2.45) is 5.73 Å². The van der Waals surface area contributed by atoms with Crippen molar-refractivity contribution >= 4 is 28.3 Å². The minimum Gasteiger partial charge on any atom is -0.338 e. The van der Waals surface area contributed by atoms with Gasteiger partial charge in [0.05, 0.1) is 4.90 Å². The molecule has 1 amide bonds. The summed E-state index contributed by atoms with van der Waals surface area (Å²) in [7, 11) is -3.43. The van der Waals surface area contributed by atoms with Gasteiger partial charge in [0.1, 0.15) is 0 Å². The summed E-state index contributed by atoms with van der Waals surface area (Å²) in [5, 5.41) is 0. The summed E-state index contributed by atoms with van der Waals surface area (Å²) in [6.07, 6.45) is 3.04. The molecule has 1 unspecified atom stereocenters. The number of carbonyl (C=O) groups is 1. The van der Waals surface area contributed by atoms with Crippen LogP contribution in [0.1, 0.15) is 38.7 Å². The molecule has 0 aromatic heterocycles.